The molecule has 1 saturated heterocycles. The Morgan fingerprint density at radius 2 is 2.05 bits per heavy atom. The fourth-order valence-corrected chi connectivity index (χ4v) is 1.77. The number of nitrogens with one attached hydrogen (secondary N) is 1. The van der Waals surface area contributed by atoms with Crippen molar-refractivity contribution in [2.45, 2.75) is 12.5 Å². The van der Waals surface area contributed by atoms with E-state index in [1.54, 1.807) is 12.1 Å². The summed E-state index contributed by atoms with van der Waals surface area (Å²) in [6, 6.07) is 6.22. The molecule has 0 spiro atoms. The molecule has 0 unspecified atom stereocenters. The topological polar surface area (TPSA) is 81.7 Å². The van der Waals surface area contributed by atoms with E-state index in [0.717, 1.165) is 0 Å². The molecule has 1 aromatic carbocycles. The standard InChI is InChI=1S/C13H12ClNO5/c14-9-3-1-8(2-4-9)12(17)15-7-11(16)20-10-5-6-19-13(10)18/h1-4,10H,5-7H2,(H,15,17)/t10-/m0/s1. The molecule has 2 rings (SSSR count). The van der Waals surface area contributed by atoms with Crippen LogP contribution in [0, 0.1) is 0 Å². The van der Waals surface area contributed by atoms with Crippen LogP contribution in [-0.4, -0.2) is 37.1 Å². The third kappa shape index (κ3) is 3.71. The molecule has 1 fully saturated rings. The maximum absolute atomic E-state index is 11.7. The Labute approximate surface area is 120 Å². The lowest BCUT2D eigenvalue weighted by Gasteiger charge is -2.09. The molecule has 20 heavy (non-hydrogen) atoms. The summed E-state index contributed by atoms with van der Waals surface area (Å²) < 4.78 is 9.54. The maximum Gasteiger partial charge on any atom is 0.347 e. The minimum absolute atomic E-state index is 0.244. The van der Waals surface area contributed by atoms with Crippen molar-refractivity contribution in [2.75, 3.05) is 13.2 Å². The number of halogens is 1. The fourth-order valence-electron chi connectivity index (χ4n) is 1.64. The molecular weight excluding hydrogens is 286 g/mol. The van der Waals surface area contributed by atoms with Crippen LogP contribution >= 0.6 is 11.6 Å². The third-order valence-electron chi connectivity index (χ3n) is 2.66. The van der Waals surface area contributed by atoms with Gasteiger partial charge in [-0.15, -0.1) is 0 Å². The lowest BCUT2D eigenvalue weighted by Crippen LogP contribution is -2.33. The first kappa shape index (κ1) is 14.3. The van der Waals surface area contributed by atoms with Gasteiger partial charge in [-0.2, -0.15) is 0 Å². The van der Waals surface area contributed by atoms with Crippen LogP contribution < -0.4 is 5.32 Å². The highest BCUT2D eigenvalue weighted by molar-refractivity contribution is 6.30. The van der Waals surface area contributed by atoms with E-state index in [0.29, 0.717) is 17.0 Å². The number of hydrogen-bond acceptors (Lipinski definition) is 5. The van der Waals surface area contributed by atoms with Gasteiger partial charge in [0.05, 0.1) is 6.61 Å². The average Bonchev–Trinajstić information content (AvgIpc) is 2.82. The SMILES string of the molecule is O=C(CNC(=O)c1ccc(Cl)cc1)O[C@H]1CCOC1=O. The zero-order valence-electron chi connectivity index (χ0n) is 10.4. The van der Waals surface area contributed by atoms with Crippen molar-refractivity contribution < 1.29 is 23.9 Å². The summed E-state index contributed by atoms with van der Waals surface area (Å²) in [5.41, 5.74) is 0.377. The first-order valence-electron chi connectivity index (χ1n) is 5.96. The largest absolute Gasteiger partial charge is 0.463 e. The second kappa shape index (κ2) is 6.38. The number of hydrogen-bond donors (Lipinski definition) is 1. The van der Waals surface area contributed by atoms with Crippen molar-refractivity contribution in [1.82, 2.24) is 5.32 Å². The zero-order chi connectivity index (χ0) is 14.5. The summed E-state index contributed by atoms with van der Waals surface area (Å²) in [4.78, 5) is 34.3. The normalized spacial score (nSPS) is 17.4. The van der Waals surface area contributed by atoms with E-state index in [1.165, 1.54) is 12.1 Å². The molecule has 1 N–H and O–H groups in total. The summed E-state index contributed by atoms with van der Waals surface area (Å²) in [7, 11) is 0. The van der Waals surface area contributed by atoms with Crippen molar-refractivity contribution in [3.63, 3.8) is 0 Å². The highest BCUT2D eigenvalue weighted by Crippen LogP contribution is 2.11. The minimum Gasteiger partial charge on any atom is -0.463 e. The molecule has 7 heteroatoms. The van der Waals surface area contributed by atoms with E-state index < -0.39 is 23.9 Å². The number of esters is 2. The number of amides is 1. The maximum atomic E-state index is 11.7. The fraction of sp³-hybridized carbons (Fsp3) is 0.308. The van der Waals surface area contributed by atoms with Crippen molar-refractivity contribution >= 4 is 29.4 Å². The number of carbonyl (C=O) groups is 3. The smallest absolute Gasteiger partial charge is 0.347 e. The lowest BCUT2D eigenvalue weighted by molar-refractivity contribution is -0.159. The van der Waals surface area contributed by atoms with E-state index in [4.69, 9.17) is 16.3 Å². The molecule has 0 saturated carbocycles. The summed E-state index contributed by atoms with van der Waals surface area (Å²) in [6.45, 7) is -0.0703. The molecule has 0 bridgehead atoms. The van der Waals surface area contributed by atoms with Gasteiger partial charge in [-0.3, -0.25) is 9.59 Å². The van der Waals surface area contributed by atoms with Crippen LogP contribution in [0.15, 0.2) is 24.3 Å². The number of rotatable bonds is 4. The molecule has 6 nitrogen and oxygen atoms in total. The van der Waals surface area contributed by atoms with Crippen LogP contribution in [0.3, 0.4) is 0 Å². The van der Waals surface area contributed by atoms with Gasteiger partial charge in [0.1, 0.15) is 6.54 Å². The van der Waals surface area contributed by atoms with Crippen molar-refractivity contribution in [3.05, 3.63) is 34.9 Å². The van der Waals surface area contributed by atoms with Crippen LogP contribution in [0.4, 0.5) is 0 Å². The quantitative estimate of drug-likeness (QED) is 0.836. The predicted molar refractivity (Wildman–Crippen MR) is 69.2 cm³/mol. The Balaban J connectivity index is 1.79. The van der Waals surface area contributed by atoms with Crippen LogP contribution in [0.2, 0.25) is 5.02 Å². The highest BCUT2D eigenvalue weighted by Gasteiger charge is 2.30. The molecule has 1 aromatic rings. The van der Waals surface area contributed by atoms with Gasteiger partial charge in [-0.05, 0) is 24.3 Å². The molecule has 1 amide bonds. The summed E-state index contributed by atoms with van der Waals surface area (Å²) in [5.74, 6) is -1.66. The first-order valence-corrected chi connectivity index (χ1v) is 6.34. The number of ether oxygens (including phenoxy) is 2. The molecular formula is C13H12ClNO5. The van der Waals surface area contributed by atoms with Crippen molar-refractivity contribution in [1.29, 1.82) is 0 Å². The number of cyclic esters (lactones) is 1. The van der Waals surface area contributed by atoms with Gasteiger partial charge in [-0.1, -0.05) is 11.6 Å². The number of carbonyl (C=O) groups excluding carboxylic acids is 3. The summed E-state index contributed by atoms with van der Waals surface area (Å²) in [5, 5.41) is 2.91. The summed E-state index contributed by atoms with van der Waals surface area (Å²) in [6.07, 6.45) is -0.523. The second-order valence-corrected chi connectivity index (χ2v) is 4.56. The monoisotopic (exact) mass is 297 g/mol. The van der Waals surface area contributed by atoms with Gasteiger partial charge in [0.25, 0.3) is 5.91 Å². The molecule has 1 atom stereocenters. The van der Waals surface area contributed by atoms with Crippen LogP contribution in [-0.2, 0) is 19.1 Å². The van der Waals surface area contributed by atoms with E-state index in [1.807, 2.05) is 0 Å². The molecule has 0 aliphatic carbocycles. The Morgan fingerprint density at radius 1 is 1.35 bits per heavy atom. The molecule has 1 aliphatic heterocycles. The average molecular weight is 298 g/mol. The van der Waals surface area contributed by atoms with Gasteiger partial charge in [0.15, 0.2) is 0 Å². The van der Waals surface area contributed by atoms with E-state index >= 15 is 0 Å². The minimum atomic E-state index is -0.866. The predicted octanol–water partition coefficient (Wildman–Crippen LogP) is 0.929. The number of benzene rings is 1. The summed E-state index contributed by atoms with van der Waals surface area (Å²) >= 11 is 5.70. The van der Waals surface area contributed by atoms with E-state index in [2.05, 4.69) is 10.1 Å². The highest BCUT2D eigenvalue weighted by atomic mass is 35.5. The van der Waals surface area contributed by atoms with Gasteiger partial charge in [0, 0.05) is 17.0 Å². The Hall–Kier alpha value is -2.08. The molecule has 106 valence electrons. The second-order valence-electron chi connectivity index (χ2n) is 4.12. The molecule has 0 aromatic heterocycles. The third-order valence-corrected chi connectivity index (χ3v) is 2.91. The van der Waals surface area contributed by atoms with Gasteiger partial charge >= 0.3 is 11.9 Å². The molecule has 1 aliphatic rings. The van der Waals surface area contributed by atoms with E-state index in [9.17, 15) is 14.4 Å². The van der Waals surface area contributed by atoms with Crippen LogP contribution in [0.25, 0.3) is 0 Å². The molecule has 1 heterocycles. The van der Waals surface area contributed by atoms with E-state index in [-0.39, 0.29) is 13.2 Å². The van der Waals surface area contributed by atoms with Crippen LogP contribution in [0.1, 0.15) is 16.8 Å². The Bertz CT molecular complexity index is 528. The van der Waals surface area contributed by atoms with Gasteiger partial charge in [-0.25, -0.2) is 4.79 Å². The van der Waals surface area contributed by atoms with Crippen LogP contribution in [0.5, 0.6) is 0 Å². The lowest BCUT2D eigenvalue weighted by atomic mass is 10.2. The first-order chi connectivity index (χ1) is 9.56. The Kier molecular flexibility index (Phi) is 4.57. The molecule has 0 radical (unpaired) electrons. The van der Waals surface area contributed by atoms with Gasteiger partial charge in [0.2, 0.25) is 6.10 Å². The Morgan fingerprint density at radius 3 is 2.65 bits per heavy atom. The zero-order valence-corrected chi connectivity index (χ0v) is 11.2. The van der Waals surface area contributed by atoms with Crippen molar-refractivity contribution in [3.8, 4) is 0 Å². The van der Waals surface area contributed by atoms with Crippen molar-refractivity contribution in [2.24, 2.45) is 0 Å². The van der Waals surface area contributed by atoms with Gasteiger partial charge < -0.3 is 14.8 Å².